The molecule has 7 heteroatoms. The molecule has 0 aliphatic rings. The smallest absolute Gasteiger partial charge is 0.379 e. The number of hydrogen-bond acceptors (Lipinski definition) is 3. The predicted molar refractivity (Wildman–Crippen MR) is 78.7 cm³/mol. The van der Waals surface area contributed by atoms with Gasteiger partial charge in [0, 0.05) is 29.7 Å². The monoisotopic (exact) mass is 318 g/mol. The minimum atomic E-state index is -3.76. The van der Waals surface area contributed by atoms with Crippen LogP contribution in [-0.4, -0.2) is 23.1 Å². The number of esters is 1. The van der Waals surface area contributed by atoms with Gasteiger partial charge >= 0.3 is 11.9 Å². The lowest BCUT2D eigenvalue weighted by Gasteiger charge is -2.21. The van der Waals surface area contributed by atoms with Crippen LogP contribution in [0.4, 0.5) is 8.78 Å². The van der Waals surface area contributed by atoms with Crippen molar-refractivity contribution in [1.29, 1.82) is 0 Å². The third-order valence-corrected chi connectivity index (χ3v) is 3.20. The molecule has 2 N–H and O–H groups in total. The molecule has 0 amide bonds. The van der Waals surface area contributed by atoms with Crippen LogP contribution in [0.5, 0.6) is 0 Å². The first-order valence-corrected chi connectivity index (χ1v) is 6.24. The van der Waals surface area contributed by atoms with Crippen molar-refractivity contribution in [2.45, 2.75) is 18.9 Å². The zero-order valence-corrected chi connectivity index (χ0v) is 12.5. The first kappa shape index (κ1) is 17.4. The SMILES string of the molecule is CCOC(=O)C(F)(F)[C@@H](N)c1cn(C)c2ccccc12.Cl. The molecule has 0 saturated carbocycles. The van der Waals surface area contributed by atoms with E-state index in [1.165, 1.54) is 13.1 Å². The third kappa shape index (κ3) is 3.01. The van der Waals surface area contributed by atoms with Crippen LogP contribution < -0.4 is 5.73 Å². The molecule has 0 fully saturated rings. The van der Waals surface area contributed by atoms with Crippen molar-refractivity contribution in [1.82, 2.24) is 4.57 Å². The van der Waals surface area contributed by atoms with Gasteiger partial charge in [-0.2, -0.15) is 8.78 Å². The van der Waals surface area contributed by atoms with Gasteiger partial charge in [-0.3, -0.25) is 0 Å². The van der Waals surface area contributed by atoms with Crippen LogP contribution in [0.2, 0.25) is 0 Å². The highest BCUT2D eigenvalue weighted by Crippen LogP contribution is 2.35. The minimum Gasteiger partial charge on any atom is -0.462 e. The van der Waals surface area contributed by atoms with E-state index in [4.69, 9.17) is 5.73 Å². The Balaban J connectivity index is 0.00000220. The number of ether oxygens (including phenoxy) is 1. The Kier molecular flexibility index (Phi) is 5.31. The number of carbonyl (C=O) groups excluding carboxylic acids is 1. The molecule has 0 aliphatic carbocycles. The fourth-order valence-corrected chi connectivity index (χ4v) is 2.17. The van der Waals surface area contributed by atoms with Crippen molar-refractivity contribution >= 4 is 29.3 Å². The van der Waals surface area contributed by atoms with Crippen LogP contribution >= 0.6 is 12.4 Å². The molecule has 0 bridgehead atoms. The maximum absolute atomic E-state index is 14.0. The molecule has 4 nitrogen and oxygen atoms in total. The topological polar surface area (TPSA) is 57.2 Å². The summed E-state index contributed by atoms with van der Waals surface area (Å²) in [4.78, 5) is 11.4. The molecular weight excluding hydrogens is 302 g/mol. The molecule has 21 heavy (non-hydrogen) atoms. The van der Waals surface area contributed by atoms with Gasteiger partial charge in [0.15, 0.2) is 0 Å². The highest BCUT2D eigenvalue weighted by Gasteiger charge is 2.48. The highest BCUT2D eigenvalue weighted by atomic mass is 35.5. The number of aryl methyl sites for hydroxylation is 1. The molecular formula is C14H17ClF2N2O2. The minimum absolute atomic E-state index is 0. The molecule has 0 spiro atoms. The molecule has 2 aromatic rings. The van der Waals surface area contributed by atoms with Crippen LogP contribution in [-0.2, 0) is 16.6 Å². The Morgan fingerprint density at radius 3 is 2.67 bits per heavy atom. The standard InChI is InChI=1S/C14H16F2N2O2.ClH/c1-3-20-13(19)14(15,16)12(17)10-8-18(2)11-7-5-4-6-9(10)11;/h4-8,12H,3,17H2,1-2H3;1H/t12-;/m0./s1. The van der Waals surface area contributed by atoms with Crippen LogP contribution in [0.1, 0.15) is 18.5 Å². The third-order valence-electron chi connectivity index (χ3n) is 3.20. The van der Waals surface area contributed by atoms with E-state index < -0.39 is 17.9 Å². The number of para-hydroxylation sites is 1. The number of aromatic nitrogens is 1. The van der Waals surface area contributed by atoms with Crippen molar-refractivity contribution < 1.29 is 18.3 Å². The summed E-state index contributed by atoms with van der Waals surface area (Å²) in [5, 5.41) is 0.603. The summed E-state index contributed by atoms with van der Waals surface area (Å²) in [5.74, 6) is -5.36. The van der Waals surface area contributed by atoms with Crippen molar-refractivity contribution in [3.63, 3.8) is 0 Å². The molecule has 116 valence electrons. The van der Waals surface area contributed by atoms with E-state index in [2.05, 4.69) is 4.74 Å². The fourth-order valence-electron chi connectivity index (χ4n) is 2.17. The molecule has 0 aliphatic heterocycles. The lowest BCUT2D eigenvalue weighted by molar-refractivity contribution is -0.174. The zero-order chi connectivity index (χ0) is 14.9. The Morgan fingerprint density at radius 1 is 1.43 bits per heavy atom. The number of carbonyl (C=O) groups is 1. The summed E-state index contributed by atoms with van der Waals surface area (Å²) in [6.45, 7) is 1.36. The Hall–Kier alpha value is -1.66. The second kappa shape index (κ2) is 6.41. The van der Waals surface area contributed by atoms with Crippen LogP contribution in [0.3, 0.4) is 0 Å². The zero-order valence-electron chi connectivity index (χ0n) is 11.7. The Labute approximate surface area is 127 Å². The number of halogens is 3. The molecule has 0 unspecified atom stereocenters. The largest absolute Gasteiger partial charge is 0.462 e. The van der Waals surface area contributed by atoms with Crippen molar-refractivity contribution in [2.75, 3.05) is 6.61 Å². The molecule has 0 saturated heterocycles. The van der Waals surface area contributed by atoms with Crippen LogP contribution in [0.15, 0.2) is 30.5 Å². The maximum Gasteiger partial charge on any atom is 0.379 e. The summed E-state index contributed by atoms with van der Waals surface area (Å²) in [6, 6.07) is 5.30. The molecule has 2 rings (SSSR count). The molecule has 1 heterocycles. The predicted octanol–water partition coefficient (Wildman–Crippen LogP) is 2.80. The lowest BCUT2D eigenvalue weighted by atomic mass is 10.0. The van der Waals surface area contributed by atoms with Crippen molar-refractivity contribution in [3.05, 3.63) is 36.0 Å². The number of fused-ring (bicyclic) bond motifs is 1. The Morgan fingerprint density at radius 2 is 2.05 bits per heavy atom. The fraction of sp³-hybridized carbons (Fsp3) is 0.357. The second-order valence-electron chi connectivity index (χ2n) is 4.53. The van der Waals surface area contributed by atoms with E-state index in [-0.39, 0.29) is 24.6 Å². The number of rotatable bonds is 4. The van der Waals surface area contributed by atoms with E-state index in [0.29, 0.717) is 5.39 Å². The van der Waals surface area contributed by atoms with Crippen LogP contribution in [0.25, 0.3) is 10.9 Å². The van der Waals surface area contributed by atoms with Gasteiger partial charge in [0.1, 0.15) is 6.04 Å². The number of benzene rings is 1. The summed E-state index contributed by atoms with van der Waals surface area (Å²) < 4.78 is 34.1. The van der Waals surface area contributed by atoms with E-state index in [0.717, 1.165) is 5.52 Å². The van der Waals surface area contributed by atoms with Gasteiger partial charge in [0.2, 0.25) is 0 Å². The lowest BCUT2D eigenvalue weighted by Crippen LogP contribution is -2.41. The number of nitrogens with zero attached hydrogens (tertiary/aromatic N) is 1. The first-order valence-electron chi connectivity index (χ1n) is 6.24. The normalized spacial score (nSPS) is 12.8. The average Bonchev–Trinajstić information content (AvgIpc) is 2.76. The van der Waals surface area contributed by atoms with Gasteiger partial charge in [-0.25, -0.2) is 4.79 Å². The van der Waals surface area contributed by atoms with E-state index >= 15 is 0 Å². The summed E-state index contributed by atoms with van der Waals surface area (Å²) >= 11 is 0. The number of nitrogens with two attached hydrogens (primary N) is 1. The van der Waals surface area contributed by atoms with Gasteiger partial charge < -0.3 is 15.0 Å². The first-order chi connectivity index (χ1) is 9.39. The maximum atomic E-state index is 14.0. The van der Waals surface area contributed by atoms with Gasteiger partial charge in [-0.15, -0.1) is 12.4 Å². The van der Waals surface area contributed by atoms with Crippen molar-refractivity contribution in [2.24, 2.45) is 12.8 Å². The van der Waals surface area contributed by atoms with Gasteiger partial charge in [-0.05, 0) is 13.0 Å². The quantitative estimate of drug-likeness (QED) is 0.882. The number of alkyl halides is 2. The average molecular weight is 319 g/mol. The Bertz CT molecular complexity index is 643. The highest BCUT2D eigenvalue weighted by molar-refractivity contribution is 5.86. The van der Waals surface area contributed by atoms with Crippen LogP contribution in [0, 0.1) is 0 Å². The van der Waals surface area contributed by atoms with E-state index in [1.54, 1.807) is 35.9 Å². The van der Waals surface area contributed by atoms with Gasteiger partial charge in [-0.1, -0.05) is 18.2 Å². The van der Waals surface area contributed by atoms with E-state index in [9.17, 15) is 13.6 Å². The summed E-state index contributed by atoms with van der Waals surface area (Å²) in [5.41, 5.74) is 6.62. The second-order valence-corrected chi connectivity index (χ2v) is 4.53. The van der Waals surface area contributed by atoms with Crippen molar-refractivity contribution in [3.8, 4) is 0 Å². The molecule has 1 aromatic heterocycles. The van der Waals surface area contributed by atoms with Gasteiger partial charge in [0.25, 0.3) is 0 Å². The number of hydrogen-bond donors (Lipinski definition) is 1. The summed E-state index contributed by atoms with van der Waals surface area (Å²) in [6.07, 6.45) is 1.52. The molecule has 0 radical (unpaired) electrons. The van der Waals surface area contributed by atoms with E-state index in [1.807, 2.05) is 0 Å². The van der Waals surface area contributed by atoms with Gasteiger partial charge in [0.05, 0.1) is 6.61 Å². The molecule has 1 atom stereocenters. The molecule has 1 aromatic carbocycles. The summed E-state index contributed by atoms with van der Waals surface area (Å²) in [7, 11) is 1.74.